The molecule has 1 heterocycles. The van der Waals surface area contributed by atoms with Gasteiger partial charge in [-0.05, 0) is 18.9 Å². The number of aryl methyl sites for hydroxylation is 1. The van der Waals surface area contributed by atoms with Crippen LogP contribution >= 0.6 is 0 Å². The Morgan fingerprint density at radius 3 is 2.67 bits per heavy atom. The van der Waals surface area contributed by atoms with Crippen LogP contribution in [0, 0.1) is 0 Å². The predicted molar refractivity (Wildman–Crippen MR) is 76.2 cm³/mol. The molecular weight excluding hydrogens is 222 g/mol. The molecule has 1 aromatic carbocycles. The van der Waals surface area contributed by atoms with E-state index in [4.69, 9.17) is 0 Å². The number of unbranched alkanes of at least 4 members (excludes halogenated alkanes) is 3. The minimum atomic E-state index is 0.879. The molecule has 0 aliphatic rings. The standard InChI is InChI=1S/C16H21NO/c1-3-4-5-6-10-16-14(12-18)13-9-7-8-11-15(13)17(16)2/h7-9,11-12H,3-6,10H2,1-2H3. The smallest absolute Gasteiger partial charge is 0.152 e. The van der Waals surface area contributed by atoms with E-state index >= 15 is 0 Å². The second-order valence-corrected chi connectivity index (χ2v) is 4.87. The van der Waals surface area contributed by atoms with Gasteiger partial charge < -0.3 is 4.57 Å². The Labute approximate surface area is 109 Å². The largest absolute Gasteiger partial charge is 0.347 e. The van der Waals surface area contributed by atoms with Gasteiger partial charge in [-0.25, -0.2) is 0 Å². The normalized spacial score (nSPS) is 11.0. The zero-order valence-corrected chi connectivity index (χ0v) is 11.3. The highest BCUT2D eigenvalue weighted by molar-refractivity contribution is 5.99. The molecule has 0 amide bonds. The van der Waals surface area contributed by atoms with Crippen LogP contribution in [0.2, 0.25) is 0 Å². The van der Waals surface area contributed by atoms with Crippen LogP contribution in [0.25, 0.3) is 10.9 Å². The van der Waals surface area contributed by atoms with Crippen LogP contribution in [-0.2, 0) is 13.5 Å². The Hall–Kier alpha value is -1.57. The quantitative estimate of drug-likeness (QED) is 0.552. The van der Waals surface area contributed by atoms with Gasteiger partial charge in [0.05, 0.1) is 0 Å². The number of hydrogen-bond donors (Lipinski definition) is 0. The SMILES string of the molecule is CCCCCCc1c(C=O)c2ccccc2n1C. The summed E-state index contributed by atoms with van der Waals surface area (Å²) in [4.78, 5) is 11.3. The number of nitrogens with zero attached hydrogens (tertiary/aromatic N) is 1. The summed E-state index contributed by atoms with van der Waals surface area (Å²) >= 11 is 0. The lowest BCUT2D eigenvalue weighted by Gasteiger charge is -2.05. The van der Waals surface area contributed by atoms with E-state index < -0.39 is 0 Å². The van der Waals surface area contributed by atoms with Crippen LogP contribution in [-0.4, -0.2) is 10.9 Å². The highest BCUT2D eigenvalue weighted by atomic mass is 16.1. The molecule has 96 valence electrons. The van der Waals surface area contributed by atoms with Crippen molar-refractivity contribution in [2.24, 2.45) is 7.05 Å². The number of benzene rings is 1. The first-order valence-corrected chi connectivity index (χ1v) is 6.81. The van der Waals surface area contributed by atoms with Crippen LogP contribution in [0.4, 0.5) is 0 Å². The fourth-order valence-corrected chi connectivity index (χ4v) is 2.63. The first-order chi connectivity index (χ1) is 8.79. The van der Waals surface area contributed by atoms with E-state index in [0.717, 1.165) is 29.2 Å². The summed E-state index contributed by atoms with van der Waals surface area (Å²) in [5.74, 6) is 0. The minimum Gasteiger partial charge on any atom is -0.347 e. The van der Waals surface area contributed by atoms with Crippen LogP contribution in [0.3, 0.4) is 0 Å². The molecule has 0 N–H and O–H groups in total. The lowest BCUT2D eigenvalue weighted by atomic mass is 10.1. The number of hydrogen-bond acceptors (Lipinski definition) is 1. The highest BCUT2D eigenvalue weighted by Crippen LogP contribution is 2.25. The summed E-state index contributed by atoms with van der Waals surface area (Å²) in [6, 6.07) is 8.14. The third-order valence-electron chi connectivity index (χ3n) is 3.66. The van der Waals surface area contributed by atoms with Gasteiger partial charge in [-0.3, -0.25) is 4.79 Å². The Morgan fingerprint density at radius 1 is 1.17 bits per heavy atom. The molecule has 0 saturated heterocycles. The maximum atomic E-state index is 11.3. The molecule has 0 aliphatic carbocycles. The number of para-hydroxylation sites is 1. The van der Waals surface area contributed by atoms with Crippen LogP contribution < -0.4 is 0 Å². The van der Waals surface area contributed by atoms with Gasteiger partial charge in [-0.2, -0.15) is 0 Å². The fourth-order valence-electron chi connectivity index (χ4n) is 2.63. The van der Waals surface area contributed by atoms with Crippen molar-refractivity contribution < 1.29 is 4.79 Å². The zero-order valence-electron chi connectivity index (χ0n) is 11.3. The Kier molecular flexibility index (Phi) is 4.19. The predicted octanol–water partition coefficient (Wildman–Crippen LogP) is 4.11. The minimum absolute atomic E-state index is 0.879. The van der Waals surface area contributed by atoms with E-state index in [0.29, 0.717) is 0 Å². The van der Waals surface area contributed by atoms with Crippen molar-refractivity contribution in [3.05, 3.63) is 35.5 Å². The maximum absolute atomic E-state index is 11.3. The molecule has 0 bridgehead atoms. The molecular formula is C16H21NO. The third-order valence-corrected chi connectivity index (χ3v) is 3.66. The molecule has 18 heavy (non-hydrogen) atoms. The van der Waals surface area contributed by atoms with Gasteiger partial charge in [-0.1, -0.05) is 44.4 Å². The number of carbonyl (C=O) groups excluding carboxylic acids is 1. The summed E-state index contributed by atoms with van der Waals surface area (Å²) in [6.45, 7) is 2.22. The average molecular weight is 243 g/mol. The Morgan fingerprint density at radius 2 is 1.94 bits per heavy atom. The van der Waals surface area contributed by atoms with Crippen molar-refractivity contribution in [1.29, 1.82) is 0 Å². The van der Waals surface area contributed by atoms with Gasteiger partial charge in [0.2, 0.25) is 0 Å². The van der Waals surface area contributed by atoms with E-state index in [-0.39, 0.29) is 0 Å². The molecule has 2 nitrogen and oxygen atoms in total. The van der Waals surface area contributed by atoms with Gasteiger partial charge in [0.1, 0.15) is 0 Å². The highest BCUT2D eigenvalue weighted by Gasteiger charge is 2.13. The third kappa shape index (κ3) is 2.33. The second kappa shape index (κ2) is 5.85. The molecule has 0 saturated carbocycles. The van der Waals surface area contributed by atoms with Crippen molar-refractivity contribution >= 4 is 17.2 Å². The summed E-state index contributed by atoms with van der Waals surface area (Å²) in [7, 11) is 2.06. The molecule has 0 atom stereocenters. The molecule has 0 radical (unpaired) electrons. The van der Waals surface area contributed by atoms with E-state index in [9.17, 15) is 4.79 Å². The van der Waals surface area contributed by atoms with Crippen LogP contribution in [0.5, 0.6) is 0 Å². The van der Waals surface area contributed by atoms with Crippen LogP contribution in [0.1, 0.15) is 48.7 Å². The molecule has 2 heteroatoms. The van der Waals surface area contributed by atoms with Crippen molar-refractivity contribution in [3.8, 4) is 0 Å². The van der Waals surface area contributed by atoms with Gasteiger partial charge >= 0.3 is 0 Å². The number of carbonyl (C=O) groups is 1. The van der Waals surface area contributed by atoms with E-state index in [1.54, 1.807) is 0 Å². The van der Waals surface area contributed by atoms with Crippen molar-refractivity contribution in [2.75, 3.05) is 0 Å². The Balaban J connectivity index is 2.31. The number of rotatable bonds is 6. The monoisotopic (exact) mass is 243 g/mol. The summed E-state index contributed by atoms with van der Waals surface area (Å²) in [6.07, 6.45) is 6.95. The molecule has 2 rings (SSSR count). The summed E-state index contributed by atoms with van der Waals surface area (Å²) in [5, 5.41) is 1.08. The number of fused-ring (bicyclic) bond motifs is 1. The lowest BCUT2D eigenvalue weighted by Crippen LogP contribution is -1.99. The van der Waals surface area contributed by atoms with Gasteiger partial charge in [0, 0.05) is 29.2 Å². The number of aldehydes is 1. The second-order valence-electron chi connectivity index (χ2n) is 4.87. The summed E-state index contributed by atoms with van der Waals surface area (Å²) < 4.78 is 2.17. The topological polar surface area (TPSA) is 22.0 Å². The van der Waals surface area contributed by atoms with Crippen molar-refractivity contribution in [1.82, 2.24) is 4.57 Å². The van der Waals surface area contributed by atoms with Crippen molar-refractivity contribution in [2.45, 2.75) is 39.0 Å². The number of aromatic nitrogens is 1. The molecule has 2 aromatic rings. The molecule has 0 spiro atoms. The lowest BCUT2D eigenvalue weighted by molar-refractivity contribution is 0.112. The zero-order chi connectivity index (χ0) is 13.0. The first-order valence-electron chi connectivity index (χ1n) is 6.81. The van der Waals surface area contributed by atoms with Gasteiger partial charge in [0.15, 0.2) is 6.29 Å². The summed E-state index contributed by atoms with van der Waals surface area (Å²) in [5.41, 5.74) is 3.22. The van der Waals surface area contributed by atoms with E-state index in [1.807, 2.05) is 18.2 Å². The first kappa shape index (κ1) is 12.9. The Bertz CT molecular complexity index is 539. The average Bonchev–Trinajstić information content (AvgIpc) is 2.68. The maximum Gasteiger partial charge on any atom is 0.152 e. The molecule has 1 aromatic heterocycles. The van der Waals surface area contributed by atoms with E-state index in [1.165, 1.54) is 31.4 Å². The van der Waals surface area contributed by atoms with Gasteiger partial charge in [-0.15, -0.1) is 0 Å². The van der Waals surface area contributed by atoms with Crippen molar-refractivity contribution in [3.63, 3.8) is 0 Å². The fraction of sp³-hybridized carbons (Fsp3) is 0.438. The van der Waals surface area contributed by atoms with E-state index in [2.05, 4.69) is 24.6 Å². The van der Waals surface area contributed by atoms with Gasteiger partial charge in [0.25, 0.3) is 0 Å². The molecule has 0 fully saturated rings. The van der Waals surface area contributed by atoms with Crippen LogP contribution in [0.15, 0.2) is 24.3 Å². The molecule has 0 unspecified atom stereocenters. The molecule has 0 aliphatic heterocycles.